The number of morpholine rings is 1. The molecule has 34 heavy (non-hydrogen) atoms. The van der Waals surface area contributed by atoms with E-state index < -0.39 is 11.8 Å². The van der Waals surface area contributed by atoms with E-state index in [4.69, 9.17) is 21.7 Å². The molecular weight excluding hydrogens is 590 g/mol. The number of amides is 3. The summed E-state index contributed by atoms with van der Waals surface area (Å²) in [6.45, 7) is 2.04. The average molecular weight is 609 g/mol. The topological polar surface area (TPSA) is 88.2 Å². The average Bonchev–Trinajstić information content (AvgIpc) is 2.81. The maximum absolute atomic E-state index is 13.1. The second-order valence-corrected chi connectivity index (χ2v) is 9.57. The van der Waals surface area contributed by atoms with Crippen LogP contribution in [0.5, 0.6) is 5.75 Å². The van der Waals surface area contributed by atoms with Crippen LogP contribution in [0.4, 0.5) is 5.69 Å². The standard InChI is InChI=1S/C23H19Br2N3O5S/c24-15-2-1-3-16(12-15)28-22(31)17(21(30)26-23(28)34)10-14-4-5-19(18(25)11-14)33-13-20(29)27-6-8-32-9-7-27/h1-5,10-12H,6-9,13H2,(H,26,30,34)/b17-10+. The summed E-state index contributed by atoms with van der Waals surface area (Å²) in [6.07, 6.45) is 1.48. The number of halogens is 2. The van der Waals surface area contributed by atoms with Crippen LogP contribution in [0.3, 0.4) is 0 Å². The molecule has 0 radical (unpaired) electrons. The fraction of sp³-hybridized carbons (Fsp3) is 0.217. The third-order valence-corrected chi connectivity index (χ3v) is 6.55. The van der Waals surface area contributed by atoms with Gasteiger partial charge < -0.3 is 14.4 Å². The van der Waals surface area contributed by atoms with Crippen LogP contribution < -0.4 is 15.0 Å². The van der Waals surface area contributed by atoms with Crippen molar-refractivity contribution in [3.05, 3.63) is 62.5 Å². The molecule has 8 nitrogen and oxygen atoms in total. The number of carbonyl (C=O) groups is 3. The molecule has 2 aliphatic rings. The van der Waals surface area contributed by atoms with Crippen molar-refractivity contribution in [3.8, 4) is 5.75 Å². The lowest BCUT2D eigenvalue weighted by Gasteiger charge is -2.29. The van der Waals surface area contributed by atoms with Gasteiger partial charge in [-0.05, 0) is 70.1 Å². The summed E-state index contributed by atoms with van der Waals surface area (Å²) >= 11 is 12.0. The van der Waals surface area contributed by atoms with E-state index in [2.05, 4.69) is 37.2 Å². The van der Waals surface area contributed by atoms with Crippen LogP contribution in [0.2, 0.25) is 0 Å². The van der Waals surface area contributed by atoms with Crippen molar-refractivity contribution in [2.75, 3.05) is 37.8 Å². The third-order valence-electron chi connectivity index (χ3n) is 5.15. The number of thiocarbonyl (C=S) groups is 1. The number of anilines is 1. The van der Waals surface area contributed by atoms with E-state index in [0.717, 1.165) is 4.47 Å². The first kappa shape index (κ1) is 24.5. The Labute approximate surface area is 218 Å². The van der Waals surface area contributed by atoms with Crippen LogP contribution in [-0.4, -0.2) is 60.6 Å². The van der Waals surface area contributed by atoms with Gasteiger partial charge in [-0.15, -0.1) is 0 Å². The Morgan fingerprint density at radius 2 is 1.91 bits per heavy atom. The second kappa shape index (κ2) is 10.8. The van der Waals surface area contributed by atoms with E-state index in [1.807, 2.05) is 6.07 Å². The first-order chi connectivity index (χ1) is 16.3. The van der Waals surface area contributed by atoms with Crippen molar-refractivity contribution in [1.82, 2.24) is 10.2 Å². The number of hydrogen-bond donors (Lipinski definition) is 1. The molecule has 2 aromatic rings. The van der Waals surface area contributed by atoms with E-state index in [1.54, 1.807) is 41.3 Å². The molecule has 11 heteroatoms. The zero-order valence-electron chi connectivity index (χ0n) is 17.8. The van der Waals surface area contributed by atoms with Gasteiger partial charge in [0.15, 0.2) is 11.7 Å². The Morgan fingerprint density at radius 3 is 2.62 bits per heavy atom. The van der Waals surface area contributed by atoms with Gasteiger partial charge in [-0.25, -0.2) is 0 Å². The molecule has 0 bridgehead atoms. The van der Waals surface area contributed by atoms with Gasteiger partial charge in [0, 0.05) is 17.6 Å². The highest BCUT2D eigenvalue weighted by Gasteiger charge is 2.34. The van der Waals surface area contributed by atoms with Crippen molar-refractivity contribution < 1.29 is 23.9 Å². The number of nitrogens with one attached hydrogen (secondary N) is 1. The van der Waals surface area contributed by atoms with Crippen molar-refractivity contribution >= 4 is 78.7 Å². The van der Waals surface area contributed by atoms with Crippen molar-refractivity contribution in [2.45, 2.75) is 0 Å². The molecule has 4 rings (SSSR count). The van der Waals surface area contributed by atoms with Crippen LogP contribution in [-0.2, 0) is 19.1 Å². The minimum Gasteiger partial charge on any atom is -0.483 e. The fourth-order valence-electron chi connectivity index (χ4n) is 3.44. The Bertz CT molecular complexity index is 1200. The molecule has 0 spiro atoms. The van der Waals surface area contributed by atoms with Crippen LogP contribution in [0, 0.1) is 0 Å². The highest BCUT2D eigenvalue weighted by Crippen LogP contribution is 2.29. The van der Waals surface area contributed by atoms with Crippen LogP contribution in [0.25, 0.3) is 6.08 Å². The molecule has 2 heterocycles. The molecule has 2 saturated heterocycles. The summed E-state index contributed by atoms with van der Waals surface area (Å²) in [5.74, 6) is -0.747. The molecule has 0 saturated carbocycles. The molecule has 0 aromatic heterocycles. The number of ether oxygens (including phenoxy) is 2. The molecule has 3 amide bonds. The van der Waals surface area contributed by atoms with E-state index in [0.29, 0.717) is 47.8 Å². The molecule has 0 atom stereocenters. The predicted octanol–water partition coefficient (Wildman–Crippen LogP) is 3.28. The fourth-order valence-corrected chi connectivity index (χ4v) is 4.62. The lowest BCUT2D eigenvalue weighted by molar-refractivity contribution is -0.137. The van der Waals surface area contributed by atoms with E-state index in [9.17, 15) is 14.4 Å². The number of benzene rings is 2. The summed E-state index contributed by atoms with van der Waals surface area (Å²) in [6, 6.07) is 12.1. The van der Waals surface area contributed by atoms with E-state index in [1.165, 1.54) is 11.0 Å². The minimum atomic E-state index is -0.575. The summed E-state index contributed by atoms with van der Waals surface area (Å²) in [7, 11) is 0. The summed E-state index contributed by atoms with van der Waals surface area (Å²) in [5, 5.41) is 2.58. The van der Waals surface area contributed by atoms with Gasteiger partial charge in [-0.1, -0.05) is 28.1 Å². The van der Waals surface area contributed by atoms with Gasteiger partial charge in [0.2, 0.25) is 0 Å². The smallest absolute Gasteiger partial charge is 0.270 e. The zero-order chi connectivity index (χ0) is 24.2. The van der Waals surface area contributed by atoms with Gasteiger partial charge in [0.1, 0.15) is 11.3 Å². The Kier molecular flexibility index (Phi) is 7.77. The molecular formula is C23H19Br2N3O5S. The normalized spacial score (nSPS) is 17.7. The molecule has 176 valence electrons. The Hall–Kier alpha value is -2.60. The van der Waals surface area contributed by atoms with Crippen molar-refractivity contribution in [2.24, 2.45) is 0 Å². The Morgan fingerprint density at radius 1 is 1.15 bits per heavy atom. The number of rotatable bonds is 5. The van der Waals surface area contributed by atoms with Gasteiger partial charge in [0.25, 0.3) is 17.7 Å². The molecule has 2 aromatic carbocycles. The molecule has 2 aliphatic heterocycles. The van der Waals surface area contributed by atoms with Crippen LogP contribution in [0.1, 0.15) is 5.56 Å². The van der Waals surface area contributed by atoms with Gasteiger partial charge in [0.05, 0.1) is 23.4 Å². The van der Waals surface area contributed by atoms with Crippen molar-refractivity contribution in [3.63, 3.8) is 0 Å². The van der Waals surface area contributed by atoms with E-state index >= 15 is 0 Å². The van der Waals surface area contributed by atoms with Crippen LogP contribution in [0.15, 0.2) is 57.0 Å². The van der Waals surface area contributed by atoms with Gasteiger partial charge in [-0.2, -0.15) is 0 Å². The number of hydrogen-bond acceptors (Lipinski definition) is 6. The summed E-state index contributed by atoms with van der Waals surface area (Å²) < 4.78 is 12.3. The lowest BCUT2D eigenvalue weighted by Crippen LogP contribution is -2.54. The lowest BCUT2D eigenvalue weighted by atomic mass is 10.1. The number of nitrogens with zero attached hydrogens (tertiary/aromatic N) is 2. The summed E-state index contributed by atoms with van der Waals surface area (Å²) in [5.41, 5.74) is 1.07. The summed E-state index contributed by atoms with van der Waals surface area (Å²) in [4.78, 5) is 41.0. The Balaban J connectivity index is 1.50. The SMILES string of the molecule is O=C1NC(=S)N(c2cccc(Br)c2)C(=O)/C1=C/c1ccc(OCC(=O)N2CCOCC2)c(Br)c1. The van der Waals surface area contributed by atoms with Gasteiger partial charge in [-0.3, -0.25) is 24.6 Å². The second-order valence-electron chi connectivity index (χ2n) is 7.41. The van der Waals surface area contributed by atoms with Gasteiger partial charge >= 0.3 is 0 Å². The zero-order valence-corrected chi connectivity index (χ0v) is 21.7. The van der Waals surface area contributed by atoms with Crippen molar-refractivity contribution in [1.29, 1.82) is 0 Å². The maximum Gasteiger partial charge on any atom is 0.270 e. The van der Waals surface area contributed by atoms with E-state index in [-0.39, 0.29) is 23.2 Å². The quantitative estimate of drug-likeness (QED) is 0.318. The molecule has 1 N–H and O–H groups in total. The monoisotopic (exact) mass is 607 g/mol. The predicted molar refractivity (Wildman–Crippen MR) is 137 cm³/mol. The molecule has 0 aliphatic carbocycles. The first-order valence-electron chi connectivity index (χ1n) is 10.3. The number of carbonyl (C=O) groups excluding carboxylic acids is 3. The highest BCUT2D eigenvalue weighted by molar-refractivity contribution is 9.10. The minimum absolute atomic E-state index is 0.0140. The maximum atomic E-state index is 13.1. The molecule has 0 unspecified atom stereocenters. The first-order valence-corrected chi connectivity index (χ1v) is 12.3. The third kappa shape index (κ3) is 5.54. The largest absolute Gasteiger partial charge is 0.483 e. The molecule has 2 fully saturated rings. The highest BCUT2D eigenvalue weighted by atomic mass is 79.9. The van der Waals surface area contributed by atoms with Crippen LogP contribution >= 0.6 is 44.1 Å².